The number of carbonyl (C=O) groups is 1. The molecule has 1 fully saturated rings. The molecule has 1 aliphatic heterocycles. The summed E-state index contributed by atoms with van der Waals surface area (Å²) in [6.07, 6.45) is 7.34. The first kappa shape index (κ1) is 18.0. The van der Waals surface area contributed by atoms with Crippen LogP contribution in [0.4, 0.5) is 0 Å². The first-order chi connectivity index (χ1) is 11.2. The Labute approximate surface area is 141 Å². The molecule has 0 saturated carbocycles. The van der Waals surface area contributed by atoms with E-state index >= 15 is 0 Å². The maximum Gasteiger partial charge on any atom is 0.227 e. The van der Waals surface area contributed by atoms with Crippen molar-refractivity contribution in [3.8, 4) is 0 Å². The van der Waals surface area contributed by atoms with Crippen LogP contribution in [-0.2, 0) is 17.6 Å². The summed E-state index contributed by atoms with van der Waals surface area (Å²) in [6.45, 7) is 7.33. The summed E-state index contributed by atoms with van der Waals surface area (Å²) in [5.41, 5.74) is 2.53. The van der Waals surface area contributed by atoms with E-state index in [9.17, 15) is 4.79 Å². The van der Waals surface area contributed by atoms with E-state index in [-0.39, 0.29) is 0 Å². The number of unbranched alkanes of at least 4 members (excludes halogenated alkanes) is 1. The third kappa shape index (κ3) is 5.65. The summed E-state index contributed by atoms with van der Waals surface area (Å²) in [7, 11) is 0. The Kier molecular flexibility index (Phi) is 7.60. The molecule has 1 amide bonds. The smallest absolute Gasteiger partial charge is 0.227 e. The third-order valence-electron chi connectivity index (χ3n) is 4.73. The quantitative estimate of drug-likeness (QED) is 0.795. The zero-order valence-electron chi connectivity index (χ0n) is 14.8. The van der Waals surface area contributed by atoms with Crippen LogP contribution in [-0.4, -0.2) is 36.5 Å². The summed E-state index contributed by atoms with van der Waals surface area (Å²) in [4.78, 5) is 14.9. The monoisotopic (exact) mass is 316 g/mol. The SMILES string of the molecule is CCCCc1ccc(CC(=O)N(CCC)C2CCNCC2)cc1. The number of aryl methyl sites for hydroxylation is 1. The lowest BCUT2D eigenvalue weighted by atomic mass is 10.0. The van der Waals surface area contributed by atoms with Gasteiger partial charge in [0.05, 0.1) is 6.42 Å². The van der Waals surface area contributed by atoms with Crippen LogP contribution in [0.3, 0.4) is 0 Å². The summed E-state index contributed by atoms with van der Waals surface area (Å²) >= 11 is 0. The average molecular weight is 316 g/mol. The number of piperidine rings is 1. The van der Waals surface area contributed by atoms with E-state index in [1.807, 2.05) is 0 Å². The number of benzene rings is 1. The van der Waals surface area contributed by atoms with Gasteiger partial charge >= 0.3 is 0 Å². The second kappa shape index (κ2) is 9.71. The Morgan fingerprint density at radius 2 is 1.74 bits per heavy atom. The van der Waals surface area contributed by atoms with Crippen molar-refractivity contribution in [3.63, 3.8) is 0 Å². The molecule has 128 valence electrons. The fourth-order valence-corrected chi connectivity index (χ4v) is 3.35. The number of amides is 1. The van der Waals surface area contributed by atoms with Crippen molar-refractivity contribution in [1.29, 1.82) is 0 Å². The van der Waals surface area contributed by atoms with Crippen LogP contribution < -0.4 is 5.32 Å². The molecule has 1 heterocycles. The van der Waals surface area contributed by atoms with Crippen LogP contribution in [0.15, 0.2) is 24.3 Å². The van der Waals surface area contributed by atoms with Crippen molar-refractivity contribution < 1.29 is 4.79 Å². The van der Waals surface area contributed by atoms with Gasteiger partial charge in [-0.3, -0.25) is 4.79 Å². The van der Waals surface area contributed by atoms with Crippen molar-refractivity contribution in [1.82, 2.24) is 10.2 Å². The predicted molar refractivity (Wildman–Crippen MR) is 96.7 cm³/mol. The average Bonchev–Trinajstić information content (AvgIpc) is 2.59. The fraction of sp³-hybridized carbons (Fsp3) is 0.650. The van der Waals surface area contributed by atoms with E-state index in [1.54, 1.807) is 0 Å². The molecule has 0 bridgehead atoms. The predicted octanol–water partition coefficient (Wildman–Crippen LogP) is 3.56. The number of nitrogens with one attached hydrogen (secondary N) is 1. The molecule has 3 nitrogen and oxygen atoms in total. The zero-order chi connectivity index (χ0) is 16.5. The van der Waals surface area contributed by atoms with Crippen LogP contribution in [0.5, 0.6) is 0 Å². The highest BCUT2D eigenvalue weighted by Crippen LogP contribution is 2.15. The molecule has 0 spiro atoms. The van der Waals surface area contributed by atoms with E-state index in [0.717, 1.165) is 50.9 Å². The highest BCUT2D eigenvalue weighted by molar-refractivity contribution is 5.79. The molecular formula is C20H32N2O. The number of hydrogen-bond donors (Lipinski definition) is 1. The van der Waals surface area contributed by atoms with Crippen molar-refractivity contribution in [3.05, 3.63) is 35.4 Å². The lowest BCUT2D eigenvalue weighted by molar-refractivity contribution is -0.133. The highest BCUT2D eigenvalue weighted by Gasteiger charge is 2.24. The summed E-state index contributed by atoms with van der Waals surface area (Å²) in [5, 5.41) is 3.39. The Bertz CT molecular complexity index is 463. The van der Waals surface area contributed by atoms with Gasteiger partial charge in [0.15, 0.2) is 0 Å². The van der Waals surface area contributed by atoms with Gasteiger partial charge in [-0.25, -0.2) is 0 Å². The molecule has 1 aromatic rings. The lowest BCUT2D eigenvalue weighted by Gasteiger charge is -2.34. The molecule has 23 heavy (non-hydrogen) atoms. The molecule has 1 saturated heterocycles. The largest absolute Gasteiger partial charge is 0.339 e. The molecule has 3 heteroatoms. The standard InChI is InChI=1S/C20H32N2O/c1-3-5-6-17-7-9-18(10-8-17)16-20(23)22(15-4-2)19-11-13-21-14-12-19/h7-10,19,21H,3-6,11-16H2,1-2H3. The first-order valence-corrected chi connectivity index (χ1v) is 9.32. The van der Waals surface area contributed by atoms with E-state index in [0.29, 0.717) is 18.4 Å². The van der Waals surface area contributed by atoms with Crippen LogP contribution in [0.2, 0.25) is 0 Å². The third-order valence-corrected chi connectivity index (χ3v) is 4.73. The van der Waals surface area contributed by atoms with Crippen molar-refractivity contribution in [2.75, 3.05) is 19.6 Å². The number of rotatable bonds is 8. The maximum atomic E-state index is 12.8. The minimum Gasteiger partial charge on any atom is -0.339 e. The molecule has 0 unspecified atom stereocenters. The van der Waals surface area contributed by atoms with E-state index in [2.05, 4.69) is 48.3 Å². The van der Waals surface area contributed by atoms with Gasteiger partial charge in [0.2, 0.25) is 5.91 Å². The van der Waals surface area contributed by atoms with Gasteiger partial charge in [0, 0.05) is 12.6 Å². The fourth-order valence-electron chi connectivity index (χ4n) is 3.35. The Hall–Kier alpha value is -1.35. The van der Waals surface area contributed by atoms with Crippen LogP contribution in [0.25, 0.3) is 0 Å². The lowest BCUT2D eigenvalue weighted by Crippen LogP contribution is -2.47. The van der Waals surface area contributed by atoms with Crippen LogP contribution >= 0.6 is 0 Å². The minimum atomic E-state index is 0.292. The molecule has 1 aliphatic rings. The molecule has 1 aromatic carbocycles. The number of carbonyl (C=O) groups excluding carboxylic acids is 1. The van der Waals surface area contributed by atoms with Gasteiger partial charge in [-0.15, -0.1) is 0 Å². The minimum absolute atomic E-state index is 0.292. The van der Waals surface area contributed by atoms with Crippen molar-refractivity contribution in [2.45, 2.75) is 64.8 Å². The number of hydrogen-bond acceptors (Lipinski definition) is 2. The molecule has 0 radical (unpaired) electrons. The van der Waals surface area contributed by atoms with Gasteiger partial charge in [0.25, 0.3) is 0 Å². The highest BCUT2D eigenvalue weighted by atomic mass is 16.2. The summed E-state index contributed by atoms with van der Waals surface area (Å²) in [5.74, 6) is 0.292. The first-order valence-electron chi connectivity index (χ1n) is 9.32. The van der Waals surface area contributed by atoms with Crippen molar-refractivity contribution in [2.24, 2.45) is 0 Å². The van der Waals surface area contributed by atoms with Gasteiger partial charge in [-0.2, -0.15) is 0 Å². The van der Waals surface area contributed by atoms with Gasteiger partial charge < -0.3 is 10.2 Å². The Morgan fingerprint density at radius 1 is 1.09 bits per heavy atom. The topological polar surface area (TPSA) is 32.3 Å². The summed E-state index contributed by atoms with van der Waals surface area (Å²) in [6, 6.07) is 9.07. The van der Waals surface area contributed by atoms with Crippen LogP contribution in [0.1, 0.15) is 57.1 Å². The molecule has 0 atom stereocenters. The molecule has 2 rings (SSSR count). The number of nitrogens with zero attached hydrogens (tertiary/aromatic N) is 1. The molecular weight excluding hydrogens is 284 g/mol. The van der Waals surface area contributed by atoms with E-state index in [1.165, 1.54) is 18.4 Å². The Morgan fingerprint density at radius 3 is 2.35 bits per heavy atom. The molecule has 0 aliphatic carbocycles. The van der Waals surface area contributed by atoms with Gasteiger partial charge in [-0.05, 0) is 56.3 Å². The van der Waals surface area contributed by atoms with E-state index < -0.39 is 0 Å². The molecule has 0 aromatic heterocycles. The normalized spacial score (nSPS) is 15.6. The Balaban J connectivity index is 1.94. The summed E-state index contributed by atoms with van der Waals surface area (Å²) < 4.78 is 0. The van der Waals surface area contributed by atoms with Gasteiger partial charge in [0.1, 0.15) is 0 Å². The zero-order valence-corrected chi connectivity index (χ0v) is 14.8. The van der Waals surface area contributed by atoms with Gasteiger partial charge in [-0.1, -0.05) is 44.5 Å². The second-order valence-corrected chi connectivity index (χ2v) is 6.67. The van der Waals surface area contributed by atoms with E-state index in [4.69, 9.17) is 0 Å². The molecule has 1 N–H and O–H groups in total. The maximum absolute atomic E-state index is 12.8. The van der Waals surface area contributed by atoms with Crippen molar-refractivity contribution >= 4 is 5.91 Å². The van der Waals surface area contributed by atoms with Crippen LogP contribution in [0, 0.1) is 0 Å². The second-order valence-electron chi connectivity index (χ2n) is 6.67.